The van der Waals surface area contributed by atoms with Gasteiger partial charge in [0, 0.05) is 24.7 Å². The second kappa shape index (κ2) is 7.82. The van der Waals surface area contributed by atoms with E-state index in [0.717, 1.165) is 10.9 Å². The molecule has 0 radical (unpaired) electrons. The van der Waals surface area contributed by atoms with Gasteiger partial charge in [-0.15, -0.1) is 0 Å². The molecular weight excluding hydrogens is 418 g/mol. The molecule has 3 heterocycles. The van der Waals surface area contributed by atoms with E-state index >= 15 is 0 Å². The Bertz CT molecular complexity index is 1260. The lowest BCUT2D eigenvalue weighted by Crippen LogP contribution is -2.45. The van der Waals surface area contributed by atoms with Gasteiger partial charge in [-0.25, -0.2) is 8.42 Å². The number of carbonyl (C=O) groups is 1. The van der Waals surface area contributed by atoms with Crippen LogP contribution in [-0.4, -0.2) is 43.0 Å². The van der Waals surface area contributed by atoms with E-state index in [1.165, 1.54) is 4.31 Å². The van der Waals surface area contributed by atoms with Crippen LogP contribution in [0.5, 0.6) is 11.5 Å². The average molecular weight is 439 g/mol. The minimum atomic E-state index is -3.88. The van der Waals surface area contributed by atoms with Gasteiger partial charge >= 0.3 is 0 Å². The van der Waals surface area contributed by atoms with E-state index in [-0.39, 0.29) is 24.1 Å². The van der Waals surface area contributed by atoms with Gasteiger partial charge in [0.25, 0.3) is 0 Å². The summed E-state index contributed by atoms with van der Waals surface area (Å²) in [5.41, 5.74) is 1.26. The number of para-hydroxylation sites is 1. The predicted molar refractivity (Wildman–Crippen MR) is 113 cm³/mol. The summed E-state index contributed by atoms with van der Waals surface area (Å²) in [6.07, 6.45) is 2.67. The fraction of sp³-hybridized carbons (Fsp3) is 0.273. The van der Waals surface area contributed by atoms with Crippen molar-refractivity contribution >= 4 is 26.8 Å². The summed E-state index contributed by atoms with van der Waals surface area (Å²) in [5, 5.41) is 3.61. The standard InChI is InChI=1S/C22H21N3O5S/c26-22(24-13-15-8-9-18-19(12-15)30-14-29-18)17-6-3-11-25(17)31(27,28)20-7-1-4-16-5-2-10-23-21(16)20/h1-2,4-5,7-10,12,17H,3,6,11,13-14H2,(H,24,26). The Labute approximate surface area is 179 Å². The number of nitrogens with one attached hydrogen (secondary N) is 1. The van der Waals surface area contributed by atoms with Gasteiger partial charge in [0.2, 0.25) is 22.7 Å². The normalized spacial score (nSPS) is 18.4. The van der Waals surface area contributed by atoms with E-state index in [0.29, 0.717) is 36.4 Å². The number of nitrogens with zero attached hydrogens (tertiary/aromatic N) is 2. The summed E-state index contributed by atoms with van der Waals surface area (Å²) in [4.78, 5) is 17.3. The number of sulfonamides is 1. The molecule has 1 N–H and O–H groups in total. The molecule has 0 spiro atoms. The lowest BCUT2D eigenvalue weighted by atomic mass is 10.2. The highest BCUT2D eigenvalue weighted by Crippen LogP contribution is 2.33. The minimum Gasteiger partial charge on any atom is -0.454 e. The van der Waals surface area contributed by atoms with E-state index in [1.807, 2.05) is 24.3 Å². The summed E-state index contributed by atoms with van der Waals surface area (Å²) < 4.78 is 38.8. The van der Waals surface area contributed by atoms with E-state index < -0.39 is 16.1 Å². The first-order valence-electron chi connectivity index (χ1n) is 10.1. The van der Waals surface area contributed by atoms with Crippen LogP contribution in [0.3, 0.4) is 0 Å². The van der Waals surface area contributed by atoms with Crippen molar-refractivity contribution in [2.45, 2.75) is 30.3 Å². The van der Waals surface area contributed by atoms with Crippen LogP contribution < -0.4 is 14.8 Å². The zero-order valence-corrected chi connectivity index (χ0v) is 17.5. The van der Waals surface area contributed by atoms with Crippen molar-refractivity contribution in [2.24, 2.45) is 0 Å². The van der Waals surface area contributed by atoms with Crippen LogP contribution in [0.2, 0.25) is 0 Å². The lowest BCUT2D eigenvalue weighted by Gasteiger charge is -2.24. The van der Waals surface area contributed by atoms with Crippen LogP contribution in [0.25, 0.3) is 10.9 Å². The Kier molecular flexibility index (Phi) is 4.99. The van der Waals surface area contributed by atoms with Crippen LogP contribution >= 0.6 is 0 Å². The summed E-state index contributed by atoms with van der Waals surface area (Å²) in [6, 6.07) is 13.4. The van der Waals surface area contributed by atoms with Crippen molar-refractivity contribution in [2.75, 3.05) is 13.3 Å². The second-order valence-corrected chi connectivity index (χ2v) is 9.37. The highest BCUT2D eigenvalue weighted by Gasteiger charge is 2.40. The maximum atomic E-state index is 13.4. The van der Waals surface area contributed by atoms with Gasteiger partial charge in [-0.3, -0.25) is 9.78 Å². The number of ether oxygens (including phenoxy) is 2. The molecular formula is C22H21N3O5S. The molecule has 8 nitrogen and oxygen atoms in total. The van der Waals surface area contributed by atoms with Crippen molar-refractivity contribution in [3.63, 3.8) is 0 Å². The number of hydrogen-bond acceptors (Lipinski definition) is 6. The first-order chi connectivity index (χ1) is 15.0. The smallest absolute Gasteiger partial charge is 0.245 e. The molecule has 2 aromatic carbocycles. The molecule has 9 heteroatoms. The summed E-state index contributed by atoms with van der Waals surface area (Å²) in [5.74, 6) is 0.999. The zero-order chi connectivity index (χ0) is 21.4. The second-order valence-electron chi connectivity index (χ2n) is 7.51. The fourth-order valence-corrected chi connectivity index (χ4v) is 5.88. The average Bonchev–Trinajstić information content (AvgIpc) is 3.46. The third-order valence-electron chi connectivity index (χ3n) is 5.59. The Balaban J connectivity index is 1.35. The molecule has 1 unspecified atom stereocenters. The first-order valence-corrected chi connectivity index (χ1v) is 11.5. The molecule has 31 heavy (non-hydrogen) atoms. The molecule has 1 atom stereocenters. The number of rotatable bonds is 5. The molecule has 0 aliphatic carbocycles. The molecule has 1 saturated heterocycles. The maximum absolute atomic E-state index is 13.4. The third-order valence-corrected chi connectivity index (χ3v) is 7.53. The number of fused-ring (bicyclic) bond motifs is 2. The molecule has 1 aromatic heterocycles. The fourth-order valence-electron chi connectivity index (χ4n) is 4.06. The minimum absolute atomic E-state index is 0.126. The number of amides is 1. The Hall–Kier alpha value is -3.17. The van der Waals surface area contributed by atoms with Crippen molar-refractivity contribution in [1.29, 1.82) is 0 Å². The van der Waals surface area contributed by atoms with E-state index in [9.17, 15) is 13.2 Å². The van der Waals surface area contributed by atoms with E-state index in [2.05, 4.69) is 10.3 Å². The van der Waals surface area contributed by atoms with Gasteiger partial charge in [-0.2, -0.15) is 4.31 Å². The van der Waals surface area contributed by atoms with Crippen LogP contribution in [0.15, 0.2) is 59.6 Å². The van der Waals surface area contributed by atoms with Crippen molar-refractivity contribution in [3.05, 3.63) is 60.3 Å². The molecule has 2 aliphatic heterocycles. The molecule has 5 rings (SSSR count). The number of aromatic nitrogens is 1. The summed E-state index contributed by atoms with van der Waals surface area (Å²) in [6.45, 7) is 0.756. The van der Waals surface area contributed by atoms with Crippen LogP contribution in [0.4, 0.5) is 0 Å². The molecule has 160 valence electrons. The summed E-state index contributed by atoms with van der Waals surface area (Å²) >= 11 is 0. The van der Waals surface area contributed by atoms with Gasteiger partial charge in [0.1, 0.15) is 10.9 Å². The van der Waals surface area contributed by atoms with E-state index in [4.69, 9.17) is 9.47 Å². The number of benzene rings is 2. The quantitative estimate of drug-likeness (QED) is 0.656. The topological polar surface area (TPSA) is 97.8 Å². The number of carbonyl (C=O) groups excluding carboxylic acids is 1. The molecule has 3 aromatic rings. The lowest BCUT2D eigenvalue weighted by molar-refractivity contribution is -0.124. The predicted octanol–water partition coefficient (Wildman–Crippen LogP) is 2.43. The zero-order valence-electron chi connectivity index (χ0n) is 16.7. The monoisotopic (exact) mass is 439 g/mol. The SMILES string of the molecule is O=C(NCc1ccc2c(c1)OCO2)C1CCCN1S(=O)(=O)c1cccc2cccnc12. The van der Waals surface area contributed by atoms with Crippen molar-refractivity contribution < 1.29 is 22.7 Å². The van der Waals surface area contributed by atoms with Gasteiger partial charge in [0.05, 0.1) is 5.52 Å². The number of hydrogen-bond donors (Lipinski definition) is 1. The summed E-state index contributed by atoms with van der Waals surface area (Å²) in [7, 11) is -3.88. The van der Waals surface area contributed by atoms with Gasteiger partial charge in [-0.05, 0) is 42.7 Å². The van der Waals surface area contributed by atoms with Gasteiger partial charge in [0.15, 0.2) is 11.5 Å². The number of pyridine rings is 1. The molecule has 0 saturated carbocycles. The van der Waals surface area contributed by atoms with Crippen LogP contribution in [-0.2, 0) is 21.4 Å². The molecule has 0 bridgehead atoms. The largest absolute Gasteiger partial charge is 0.454 e. The molecule has 1 fully saturated rings. The van der Waals surface area contributed by atoms with Gasteiger partial charge in [-0.1, -0.05) is 24.3 Å². The maximum Gasteiger partial charge on any atom is 0.245 e. The molecule has 1 amide bonds. The third kappa shape index (κ3) is 3.60. The Morgan fingerprint density at radius 1 is 1.13 bits per heavy atom. The van der Waals surface area contributed by atoms with Crippen LogP contribution in [0.1, 0.15) is 18.4 Å². The Morgan fingerprint density at radius 2 is 1.97 bits per heavy atom. The van der Waals surface area contributed by atoms with Crippen molar-refractivity contribution in [3.8, 4) is 11.5 Å². The van der Waals surface area contributed by atoms with Crippen LogP contribution in [0, 0.1) is 0 Å². The molecule has 2 aliphatic rings. The Morgan fingerprint density at radius 3 is 2.87 bits per heavy atom. The van der Waals surface area contributed by atoms with Gasteiger partial charge < -0.3 is 14.8 Å². The van der Waals surface area contributed by atoms with E-state index in [1.54, 1.807) is 30.5 Å². The highest BCUT2D eigenvalue weighted by atomic mass is 32.2. The first kappa shape index (κ1) is 19.8. The van der Waals surface area contributed by atoms with Crippen molar-refractivity contribution in [1.82, 2.24) is 14.6 Å². The highest BCUT2D eigenvalue weighted by molar-refractivity contribution is 7.89.